The van der Waals surface area contributed by atoms with Gasteiger partial charge in [0.25, 0.3) is 6.43 Å². The Kier molecular flexibility index (Phi) is 6.68. The number of nitrogens with one attached hydrogen (secondary N) is 3. The minimum Gasteiger partial charge on any atom is -0.338 e. The van der Waals surface area contributed by atoms with E-state index in [0.29, 0.717) is 23.2 Å². The molecule has 35 heavy (non-hydrogen) atoms. The summed E-state index contributed by atoms with van der Waals surface area (Å²) in [5.41, 5.74) is 0.238. The van der Waals surface area contributed by atoms with E-state index in [4.69, 9.17) is 0 Å². The largest absolute Gasteiger partial charge is 0.434 e. The van der Waals surface area contributed by atoms with E-state index in [9.17, 15) is 26.7 Å². The number of thiazole rings is 1. The summed E-state index contributed by atoms with van der Waals surface area (Å²) in [5, 5.41) is 13.0. The number of carbonyl (C=O) groups excluding carboxylic acids is 1. The van der Waals surface area contributed by atoms with Crippen molar-refractivity contribution in [3.05, 3.63) is 47.6 Å². The minimum atomic E-state index is -4.64. The van der Waals surface area contributed by atoms with Crippen molar-refractivity contribution in [1.82, 2.24) is 35.5 Å². The number of rotatable bonds is 6. The number of aromatic amines is 1. The van der Waals surface area contributed by atoms with Crippen molar-refractivity contribution in [2.45, 2.75) is 19.5 Å². The molecule has 0 spiro atoms. The maximum Gasteiger partial charge on any atom is 0.434 e. The lowest BCUT2D eigenvalue weighted by molar-refractivity contribution is -0.140. The number of nitrogens with zero attached hydrogens (tertiary/aromatic N) is 5. The molecular formula is C20H15F5N8OS. The first-order valence-electron chi connectivity index (χ1n) is 9.90. The van der Waals surface area contributed by atoms with Crippen LogP contribution in [-0.2, 0) is 6.18 Å². The first kappa shape index (κ1) is 24.1. The van der Waals surface area contributed by atoms with Gasteiger partial charge in [0, 0.05) is 52.8 Å². The molecule has 4 aromatic heterocycles. The van der Waals surface area contributed by atoms with Gasteiger partial charge in [0.05, 0.1) is 0 Å². The molecule has 0 atom stereocenters. The number of hydrogen-bond acceptors (Lipinski definition) is 7. The molecule has 0 unspecified atom stereocenters. The molecule has 3 N–H and O–H groups in total. The number of carbonyl (C=O) groups is 1. The number of hydrogen-bond donors (Lipinski definition) is 3. The molecule has 0 aromatic carbocycles. The van der Waals surface area contributed by atoms with Gasteiger partial charge in [0.15, 0.2) is 17.3 Å². The van der Waals surface area contributed by atoms with Gasteiger partial charge in [-0.2, -0.15) is 13.2 Å². The molecule has 0 aliphatic heterocycles. The number of H-pyrrole nitrogens is 1. The Hall–Kier alpha value is -4.01. The second kappa shape index (κ2) is 9.69. The van der Waals surface area contributed by atoms with Crippen LogP contribution in [0.3, 0.4) is 0 Å². The van der Waals surface area contributed by atoms with Gasteiger partial charge < -0.3 is 10.3 Å². The molecule has 0 saturated heterocycles. The lowest BCUT2D eigenvalue weighted by Crippen LogP contribution is -2.28. The molecule has 0 fully saturated rings. The van der Waals surface area contributed by atoms with Gasteiger partial charge in [0.2, 0.25) is 0 Å². The lowest BCUT2D eigenvalue weighted by Gasteiger charge is -2.11. The average molecular weight is 510 g/mol. The van der Waals surface area contributed by atoms with E-state index in [1.165, 1.54) is 24.7 Å². The highest BCUT2D eigenvalue weighted by Gasteiger charge is 2.34. The highest BCUT2D eigenvalue weighted by molar-refractivity contribution is 7.13. The third-order valence-electron chi connectivity index (χ3n) is 4.54. The van der Waals surface area contributed by atoms with Crippen LogP contribution in [0, 0.1) is 0 Å². The van der Waals surface area contributed by atoms with Crippen LogP contribution >= 0.6 is 11.3 Å². The Bertz CT molecular complexity index is 1350. The van der Waals surface area contributed by atoms with Gasteiger partial charge in [-0.3, -0.25) is 10.3 Å². The molecule has 0 saturated carbocycles. The van der Waals surface area contributed by atoms with Gasteiger partial charge in [-0.15, -0.1) is 21.5 Å². The molecule has 2 amide bonds. The second-order valence-electron chi connectivity index (χ2n) is 6.96. The summed E-state index contributed by atoms with van der Waals surface area (Å²) in [6.45, 7) is 2.07. The summed E-state index contributed by atoms with van der Waals surface area (Å²) in [5.74, 6) is -0.498. The summed E-state index contributed by atoms with van der Waals surface area (Å²) in [6.07, 6.45) is -3.36. The molecule has 0 aliphatic carbocycles. The van der Waals surface area contributed by atoms with Crippen molar-refractivity contribution >= 4 is 23.2 Å². The zero-order chi connectivity index (χ0) is 25.2. The van der Waals surface area contributed by atoms with Gasteiger partial charge >= 0.3 is 12.2 Å². The van der Waals surface area contributed by atoms with E-state index in [2.05, 4.69) is 40.8 Å². The van der Waals surface area contributed by atoms with Gasteiger partial charge in [-0.25, -0.2) is 23.5 Å². The average Bonchev–Trinajstić information content (AvgIpc) is 3.50. The first-order valence-corrected chi connectivity index (χ1v) is 10.8. The van der Waals surface area contributed by atoms with Crippen LogP contribution < -0.4 is 10.6 Å². The Balaban J connectivity index is 1.79. The SMILES string of the molecule is CCNC(=O)Nc1cc(-c2nc(C(F)(F)F)cs2)c(-c2cncc(-c3nnc(C(F)F)[nH]3)c2)cn1. The summed E-state index contributed by atoms with van der Waals surface area (Å²) in [4.78, 5) is 26.3. The molecule has 182 valence electrons. The van der Waals surface area contributed by atoms with E-state index in [0.717, 1.165) is 16.7 Å². The number of amides is 2. The molecule has 0 bridgehead atoms. The number of alkyl halides is 5. The van der Waals surface area contributed by atoms with Crippen LogP contribution in [-0.4, -0.2) is 42.7 Å². The zero-order valence-electron chi connectivity index (χ0n) is 17.7. The second-order valence-corrected chi connectivity index (χ2v) is 7.82. The molecule has 0 radical (unpaired) electrons. The maximum absolute atomic E-state index is 13.2. The number of pyridine rings is 2. The molecule has 4 rings (SSSR count). The number of halogens is 5. The van der Waals surface area contributed by atoms with Crippen LogP contribution in [0.5, 0.6) is 0 Å². The maximum atomic E-state index is 13.2. The Morgan fingerprint density at radius 2 is 1.89 bits per heavy atom. The monoisotopic (exact) mass is 510 g/mol. The summed E-state index contributed by atoms with van der Waals surface area (Å²) in [6, 6.07) is 2.38. The predicted molar refractivity (Wildman–Crippen MR) is 117 cm³/mol. The first-order chi connectivity index (χ1) is 16.7. The summed E-state index contributed by atoms with van der Waals surface area (Å²) < 4.78 is 65.2. The Labute approximate surface area is 197 Å². The van der Waals surface area contributed by atoms with Gasteiger partial charge in [-0.05, 0) is 19.1 Å². The Morgan fingerprint density at radius 1 is 1.11 bits per heavy atom. The molecule has 15 heteroatoms. The molecule has 4 aromatic rings. The normalized spacial score (nSPS) is 11.6. The summed E-state index contributed by atoms with van der Waals surface area (Å²) >= 11 is 0.764. The van der Waals surface area contributed by atoms with Crippen molar-refractivity contribution in [2.24, 2.45) is 0 Å². The van der Waals surface area contributed by atoms with Crippen LogP contribution in [0.25, 0.3) is 33.1 Å². The topological polar surface area (TPSA) is 121 Å². The van der Waals surface area contributed by atoms with E-state index < -0.39 is 30.2 Å². The highest BCUT2D eigenvalue weighted by atomic mass is 32.1. The van der Waals surface area contributed by atoms with E-state index >= 15 is 0 Å². The van der Waals surface area contributed by atoms with Crippen molar-refractivity contribution in [3.8, 4) is 33.1 Å². The lowest BCUT2D eigenvalue weighted by atomic mass is 10.0. The quantitative estimate of drug-likeness (QED) is 0.309. The van der Waals surface area contributed by atoms with Crippen molar-refractivity contribution in [3.63, 3.8) is 0 Å². The standard InChI is InChI=1S/C20H15F5N8OS/c1-2-27-19(34)30-14-4-11(18-29-13(8-35-18)20(23,24)25)12(7-28-14)9-3-10(6-26-5-9)16-31-17(15(21)22)33-32-16/h3-8,15H,2H2,1H3,(H,31,32,33)(H2,27,28,30,34). The molecule has 0 aliphatic rings. The van der Waals surface area contributed by atoms with E-state index in [-0.39, 0.29) is 22.2 Å². The fourth-order valence-electron chi connectivity index (χ4n) is 3.00. The third kappa shape index (κ3) is 5.40. The van der Waals surface area contributed by atoms with Crippen molar-refractivity contribution in [1.29, 1.82) is 0 Å². The van der Waals surface area contributed by atoms with Crippen LogP contribution in [0.1, 0.15) is 24.9 Å². The van der Waals surface area contributed by atoms with Crippen molar-refractivity contribution in [2.75, 3.05) is 11.9 Å². The predicted octanol–water partition coefficient (Wildman–Crippen LogP) is 5.15. The number of urea groups is 1. The highest BCUT2D eigenvalue weighted by Crippen LogP contribution is 2.38. The number of aromatic nitrogens is 6. The Morgan fingerprint density at radius 3 is 2.54 bits per heavy atom. The van der Waals surface area contributed by atoms with Crippen LogP contribution in [0.15, 0.2) is 36.1 Å². The molecular weight excluding hydrogens is 495 g/mol. The zero-order valence-corrected chi connectivity index (χ0v) is 18.5. The smallest absolute Gasteiger partial charge is 0.338 e. The summed E-state index contributed by atoms with van der Waals surface area (Å²) in [7, 11) is 0. The molecule has 9 nitrogen and oxygen atoms in total. The molecule has 4 heterocycles. The van der Waals surface area contributed by atoms with E-state index in [1.807, 2.05) is 0 Å². The van der Waals surface area contributed by atoms with E-state index in [1.54, 1.807) is 13.0 Å². The third-order valence-corrected chi connectivity index (χ3v) is 5.42. The minimum absolute atomic E-state index is 0.0266. The van der Waals surface area contributed by atoms with Gasteiger partial charge in [0.1, 0.15) is 10.8 Å². The fourth-order valence-corrected chi connectivity index (χ4v) is 3.86. The van der Waals surface area contributed by atoms with Crippen LogP contribution in [0.4, 0.5) is 32.6 Å². The van der Waals surface area contributed by atoms with Crippen molar-refractivity contribution < 1.29 is 26.7 Å². The van der Waals surface area contributed by atoms with Crippen LogP contribution in [0.2, 0.25) is 0 Å². The van der Waals surface area contributed by atoms with Gasteiger partial charge in [-0.1, -0.05) is 0 Å². The number of anilines is 1. The fraction of sp³-hybridized carbons (Fsp3) is 0.200.